The maximum atomic E-state index is 12.4. The Labute approximate surface area is 190 Å². The third-order valence-corrected chi connectivity index (χ3v) is 7.34. The highest BCUT2D eigenvalue weighted by Crippen LogP contribution is 2.38. The predicted molar refractivity (Wildman–Crippen MR) is 122 cm³/mol. The van der Waals surface area contributed by atoms with Crippen molar-refractivity contribution in [3.63, 3.8) is 0 Å². The number of rotatable bonds is 6. The van der Waals surface area contributed by atoms with Gasteiger partial charge in [0.15, 0.2) is 17.3 Å². The minimum atomic E-state index is -3.53. The number of carbonyl (C=O) groups excluding carboxylic acids is 1. The molecule has 1 fully saturated rings. The monoisotopic (exact) mass is 469 g/mol. The van der Waals surface area contributed by atoms with E-state index < -0.39 is 21.2 Å². The van der Waals surface area contributed by atoms with Gasteiger partial charge in [0.2, 0.25) is 10.0 Å². The van der Waals surface area contributed by atoms with Crippen molar-refractivity contribution in [2.45, 2.75) is 31.6 Å². The molecule has 3 heterocycles. The fraction of sp³-hybridized carbons (Fsp3) is 0.350. The third-order valence-electron chi connectivity index (χ3n) is 5.50. The number of nitrogens with one attached hydrogen (secondary N) is 3. The molecule has 2 aromatic heterocycles. The number of aromatic nitrogens is 5. The van der Waals surface area contributed by atoms with Crippen LogP contribution in [-0.2, 0) is 16.6 Å². The lowest BCUT2D eigenvalue weighted by Gasteiger charge is -2.29. The summed E-state index contributed by atoms with van der Waals surface area (Å²) in [5.41, 5.74) is 2.75. The van der Waals surface area contributed by atoms with Gasteiger partial charge < -0.3 is 15.5 Å². The van der Waals surface area contributed by atoms with Crippen LogP contribution >= 0.6 is 0 Å². The average molecular weight is 470 g/mol. The molecule has 33 heavy (non-hydrogen) atoms. The van der Waals surface area contributed by atoms with Gasteiger partial charge in [-0.2, -0.15) is 5.10 Å². The molecule has 12 nitrogen and oxygen atoms in total. The molecule has 0 bridgehead atoms. The molecule has 172 valence electrons. The van der Waals surface area contributed by atoms with Crippen molar-refractivity contribution >= 4 is 38.8 Å². The topological polar surface area (TPSA) is 147 Å². The number of amides is 1. The maximum absolute atomic E-state index is 12.4. The van der Waals surface area contributed by atoms with Crippen molar-refractivity contribution in [3.05, 3.63) is 41.6 Å². The summed E-state index contributed by atoms with van der Waals surface area (Å²) in [5, 5.41) is 17.8. The quantitative estimate of drug-likeness (QED) is 0.486. The number of hydrogen-bond acceptors (Lipinski definition) is 9. The van der Waals surface area contributed by atoms with Crippen molar-refractivity contribution < 1.29 is 13.2 Å². The van der Waals surface area contributed by atoms with Gasteiger partial charge in [-0.3, -0.25) is 9.52 Å². The van der Waals surface area contributed by atoms with Gasteiger partial charge in [0, 0.05) is 20.2 Å². The van der Waals surface area contributed by atoms with E-state index in [0.717, 1.165) is 17.2 Å². The van der Waals surface area contributed by atoms with Gasteiger partial charge in [0.05, 0.1) is 34.5 Å². The van der Waals surface area contributed by atoms with Crippen LogP contribution in [0.4, 0.5) is 22.9 Å². The fourth-order valence-corrected chi connectivity index (χ4v) is 5.14. The van der Waals surface area contributed by atoms with Crippen LogP contribution in [0, 0.1) is 6.92 Å². The molecule has 3 aromatic rings. The predicted octanol–water partition coefficient (Wildman–Crippen LogP) is 1.32. The second kappa shape index (κ2) is 7.69. The molecule has 0 saturated heterocycles. The van der Waals surface area contributed by atoms with Gasteiger partial charge in [0.25, 0.3) is 5.91 Å². The van der Waals surface area contributed by atoms with Crippen molar-refractivity contribution in [2.75, 3.05) is 29.0 Å². The highest BCUT2D eigenvalue weighted by atomic mass is 32.2. The molecule has 0 atom stereocenters. The number of para-hydroxylation sites is 1. The number of fused-ring (bicyclic) bond motifs is 3. The van der Waals surface area contributed by atoms with Gasteiger partial charge >= 0.3 is 0 Å². The summed E-state index contributed by atoms with van der Waals surface area (Å²) >= 11 is 0. The summed E-state index contributed by atoms with van der Waals surface area (Å²) in [4.78, 5) is 18.9. The highest BCUT2D eigenvalue weighted by Gasteiger charge is 2.36. The summed E-state index contributed by atoms with van der Waals surface area (Å²) in [6.45, 7) is 2.39. The molecule has 1 amide bonds. The molecule has 2 aliphatic rings. The number of sulfonamides is 1. The zero-order valence-electron chi connectivity index (χ0n) is 18.3. The molecule has 0 spiro atoms. The Hall–Kier alpha value is -3.74. The molecule has 1 aliphatic heterocycles. The summed E-state index contributed by atoms with van der Waals surface area (Å²) in [7, 11) is -0.0983. The average Bonchev–Trinajstić information content (AvgIpc) is 3.56. The van der Waals surface area contributed by atoms with Crippen LogP contribution in [0.3, 0.4) is 0 Å². The molecular formula is C20H23N9O3S. The van der Waals surface area contributed by atoms with E-state index in [-0.39, 0.29) is 11.5 Å². The zero-order valence-corrected chi connectivity index (χ0v) is 19.1. The minimum Gasteiger partial charge on any atom is -0.364 e. The number of nitrogens with zero attached hydrogens (tertiary/aromatic N) is 6. The lowest BCUT2D eigenvalue weighted by atomic mass is 10.1. The van der Waals surface area contributed by atoms with E-state index in [9.17, 15) is 13.2 Å². The summed E-state index contributed by atoms with van der Waals surface area (Å²) in [5.74, 6) is 1.10. The number of anilines is 4. The van der Waals surface area contributed by atoms with Gasteiger partial charge in [-0.25, -0.2) is 18.1 Å². The Morgan fingerprint density at radius 1 is 1.18 bits per heavy atom. The van der Waals surface area contributed by atoms with E-state index in [1.807, 2.05) is 37.1 Å². The molecule has 13 heteroatoms. The van der Waals surface area contributed by atoms with Crippen molar-refractivity contribution in [1.82, 2.24) is 30.3 Å². The Bertz CT molecular complexity index is 1370. The number of aryl methyl sites for hydroxylation is 1. The second-order valence-corrected chi connectivity index (χ2v) is 10.0. The van der Waals surface area contributed by atoms with Gasteiger partial charge in [-0.1, -0.05) is 6.07 Å². The van der Waals surface area contributed by atoms with Crippen molar-refractivity contribution in [3.8, 4) is 5.69 Å². The largest absolute Gasteiger partial charge is 0.364 e. The standard InChI is InChI=1S/C20H23N9O3S/c1-11-22-17-10-28(3)19-13(5-4-6-15(19)29(17)26-11)23-14-9-16(24-25-18(14)20(30)21-2)27-33(31,32)12-7-8-12/h4-6,9,12H,7-8,10H2,1-3H3,(H,21,30)(H2,23,24,27). The molecule has 1 aliphatic carbocycles. The molecule has 5 rings (SSSR count). The van der Waals surface area contributed by atoms with Crippen LogP contribution in [0.25, 0.3) is 5.69 Å². The normalized spacial score (nSPS) is 14.9. The van der Waals surface area contributed by atoms with Crippen LogP contribution in [0.1, 0.15) is 35.0 Å². The van der Waals surface area contributed by atoms with E-state index in [1.165, 1.54) is 13.1 Å². The van der Waals surface area contributed by atoms with Crippen LogP contribution in [-0.4, -0.2) is 58.6 Å². The Balaban J connectivity index is 1.56. The third kappa shape index (κ3) is 3.84. The van der Waals surface area contributed by atoms with Crippen LogP contribution in [0.15, 0.2) is 24.3 Å². The van der Waals surface area contributed by atoms with E-state index in [0.29, 0.717) is 36.6 Å². The number of benzene rings is 1. The first-order chi connectivity index (χ1) is 15.8. The van der Waals surface area contributed by atoms with Gasteiger partial charge in [-0.05, 0) is 31.9 Å². The van der Waals surface area contributed by atoms with E-state index in [1.54, 1.807) is 4.68 Å². The van der Waals surface area contributed by atoms with Gasteiger partial charge in [0.1, 0.15) is 5.82 Å². The summed E-state index contributed by atoms with van der Waals surface area (Å²) in [6.07, 6.45) is 1.24. The Morgan fingerprint density at radius 2 is 1.97 bits per heavy atom. The van der Waals surface area contributed by atoms with Crippen molar-refractivity contribution in [1.29, 1.82) is 0 Å². The molecule has 0 radical (unpaired) electrons. The van der Waals surface area contributed by atoms with E-state index >= 15 is 0 Å². The summed E-state index contributed by atoms with van der Waals surface area (Å²) < 4.78 is 29.0. The van der Waals surface area contributed by atoms with E-state index in [4.69, 9.17) is 0 Å². The number of carbonyl (C=O) groups is 1. The number of hydrogen-bond donors (Lipinski definition) is 3. The van der Waals surface area contributed by atoms with Crippen molar-refractivity contribution in [2.24, 2.45) is 0 Å². The maximum Gasteiger partial charge on any atom is 0.273 e. The molecule has 1 saturated carbocycles. The zero-order chi connectivity index (χ0) is 23.3. The van der Waals surface area contributed by atoms with Crippen LogP contribution < -0.4 is 20.3 Å². The van der Waals surface area contributed by atoms with Crippen LogP contribution in [0.2, 0.25) is 0 Å². The second-order valence-electron chi connectivity index (χ2n) is 8.06. The first-order valence-electron chi connectivity index (χ1n) is 10.4. The lowest BCUT2D eigenvalue weighted by Crippen LogP contribution is -2.27. The molecular weight excluding hydrogens is 446 g/mol. The smallest absolute Gasteiger partial charge is 0.273 e. The first-order valence-corrected chi connectivity index (χ1v) is 12.0. The molecule has 3 N–H and O–H groups in total. The van der Waals surface area contributed by atoms with Crippen LogP contribution in [0.5, 0.6) is 0 Å². The minimum absolute atomic E-state index is 0.0419. The SMILES string of the molecule is CNC(=O)c1nnc(NS(=O)(=O)C2CC2)cc1Nc1cccc2c1N(C)Cc1nc(C)nn1-2. The van der Waals surface area contributed by atoms with E-state index in [2.05, 4.69) is 35.6 Å². The molecule has 0 unspecified atom stereocenters. The lowest BCUT2D eigenvalue weighted by molar-refractivity contribution is 0.0958. The summed E-state index contributed by atoms with van der Waals surface area (Å²) in [6, 6.07) is 7.15. The Morgan fingerprint density at radius 3 is 2.70 bits per heavy atom. The highest BCUT2D eigenvalue weighted by molar-refractivity contribution is 7.93. The molecule has 1 aromatic carbocycles. The first kappa shape index (κ1) is 21.1. The Kier molecular flexibility index (Phi) is 4.92. The fourth-order valence-electron chi connectivity index (χ4n) is 3.83. The van der Waals surface area contributed by atoms with Gasteiger partial charge in [-0.15, -0.1) is 10.2 Å².